The first-order valence-corrected chi connectivity index (χ1v) is 5.25. The molecule has 70 valence electrons. The second-order valence-electron chi connectivity index (χ2n) is 2.34. The van der Waals surface area contributed by atoms with Gasteiger partial charge in [0, 0.05) is 10.0 Å². The minimum absolute atomic E-state index is 0.136. The first-order chi connectivity index (χ1) is 6.06. The van der Waals surface area contributed by atoms with Crippen molar-refractivity contribution >= 4 is 37.6 Å². The van der Waals surface area contributed by atoms with Crippen molar-refractivity contribution in [2.75, 3.05) is 5.33 Å². The van der Waals surface area contributed by atoms with Crippen molar-refractivity contribution in [3.8, 4) is 5.75 Å². The van der Waals surface area contributed by atoms with Gasteiger partial charge >= 0.3 is 0 Å². The Labute approximate surface area is 91.0 Å². The minimum atomic E-state index is -0.752. The van der Waals surface area contributed by atoms with Gasteiger partial charge in [0.15, 0.2) is 17.3 Å². The molecular weight excluding hydrogens is 307 g/mol. The molecular formula is C8H5Br2FO2. The molecule has 1 N–H and O–H groups in total. The fourth-order valence-electron chi connectivity index (χ4n) is 0.823. The van der Waals surface area contributed by atoms with Crippen molar-refractivity contribution in [2.45, 2.75) is 0 Å². The number of phenols is 1. The number of ketones is 1. The topological polar surface area (TPSA) is 37.3 Å². The molecule has 0 bridgehead atoms. The van der Waals surface area contributed by atoms with Gasteiger partial charge < -0.3 is 5.11 Å². The molecule has 0 saturated carbocycles. The Morgan fingerprint density at radius 1 is 1.54 bits per heavy atom. The Morgan fingerprint density at radius 2 is 2.15 bits per heavy atom. The van der Waals surface area contributed by atoms with Crippen LogP contribution in [0.15, 0.2) is 16.6 Å². The van der Waals surface area contributed by atoms with Gasteiger partial charge in [0.2, 0.25) is 0 Å². The zero-order valence-corrected chi connectivity index (χ0v) is 9.52. The van der Waals surface area contributed by atoms with Gasteiger partial charge in [-0.1, -0.05) is 15.9 Å². The highest BCUT2D eigenvalue weighted by atomic mass is 79.9. The van der Waals surface area contributed by atoms with Gasteiger partial charge in [-0.05, 0) is 28.1 Å². The molecule has 0 atom stereocenters. The number of phenolic OH excluding ortho intramolecular Hbond substituents is 1. The van der Waals surface area contributed by atoms with Gasteiger partial charge in [0.05, 0.1) is 5.33 Å². The van der Waals surface area contributed by atoms with Crippen LogP contribution in [0, 0.1) is 5.82 Å². The number of halogens is 3. The molecule has 0 spiro atoms. The van der Waals surface area contributed by atoms with E-state index < -0.39 is 11.6 Å². The van der Waals surface area contributed by atoms with Crippen LogP contribution in [0.25, 0.3) is 0 Å². The molecule has 13 heavy (non-hydrogen) atoms. The molecule has 0 aliphatic carbocycles. The van der Waals surface area contributed by atoms with Crippen LogP contribution >= 0.6 is 31.9 Å². The summed E-state index contributed by atoms with van der Waals surface area (Å²) >= 11 is 6.01. The quantitative estimate of drug-likeness (QED) is 0.673. The van der Waals surface area contributed by atoms with E-state index in [1.165, 1.54) is 0 Å². The smallest absolute Gasteiger partial charge is 0.174 e. The Kier molecular flexibility index (Phi) is 3.44. The van der Waals surface area contributed by atoms with Crippen LogP contribution in [0.3, 0.4) is 0 Å². The number of rotatable bonds is 2. The summed E-state index contributed by atoms with van der Waals surface area (Å²) in [7, 11) is 0. The van der Waals surface area contributed by atoms with Crippen LogP contribution in [0.1, 0.15) is 10.4 Å². The summed E-state index contributed by atoms with van der Waals surface area (Å²) < 4.78 is 13.1. The van der Waals surface area contributed by atoms with Gasteiger partial charge in [0.1, 0.15) is 0 Å². The number of Topliss-reactive ketones (excluding diaryl/α,β-unsaturated/α-hetero) is 1. The lowest BCUT2D eigenvalue weighted by Crippen LogP contribution is -2.01. The largest absolute Gasteiger partial charge is 0.505 e. The van der Waals surface area contributed by atoms with Crippen molar-refractivity contribution in [2.24, 2.45) is 0 Å². The molecule has 5 heteroatoms. The maximum absolute atomic E-state index is 12.7. The molecule has 0 unspecified atom stereocenters. The van der Waals surface area contributed by atoms with E-state index in [9.17, 15) is 9.18 Å². The summed E-state index contributed by atoms with van der Waals surface area (Å²) in [5.74, 6) is -1.49. The highest BCUT2D eigenvalue weighted by Crippen LogP contribution is 2.25. The highest BCUT2D eigenvalue weighted by Gasteiger charge is 2.12. The first kappa shape index (κ1) is 10.7. The molecule has 0 radical (unpaired) electrons. The molecule has 1 rings (SSSR count). The van der Waals surface area contributed by atoms with Gasteiger partial charge in [-0.3, -0.25) is 4.79 Å². The molecule has 0 fully saturated rings. The third kappa shape index (κ3) is 2.28. The number of alkyl halides is 1. The molecule has 0 saturated heterocycles. The lowest BCUT2D eigenvalue weighted by Gasteiger charge is -2.02. The first-order valence-electron chi connectivity index (χ1n) is 3.33. The van der Waals surface area contributed by atoms with Gasteiger partial charge in [-0.2, -0.15) is 0 Å². The second-order valence-corrected chi connectivity index (χ2v) is 3.76. The summed E-state index contributed by atoms with van der Waals surface area (Å²) in [6, 6.07) is 2.16. The number of carbonyl (C=O) groups is 1. The molecule has 2 nitrogen and oxygen atoms in total. The molecule has 0 aromatic heterocycles. The van der Waals surface area contributed by atoms with Crippen LogP contribution in [-0.4, -0.2) is 16.2 Å². The number of aromatic hydroxyl groups is 1. The van der Waals surface area contributed by atoms with E-state index in [0.29, 0.717) is 4.47 Å². The lowest BCUT2D eigenvalue weighted by molar-refractivity contribution is 0.102. The van der Waals surface area contributed by atoms with Crippen molar-refractivity contribution < 1.29 is 14.3 Å². The maximum atomic E-state index is 12.7. The number of benzene rings is 1. The van der Waals surface area contributed by atoms with E-state index >= 15 is 0 Å². The Bertz CT molecular complexity index is 352. The Morgan fingerprint density at radius 3 is 2.69 bits per heavy atom. The van der Waals surface area contributed by atoms with Crippen LogP contribution in [0.4, 0.5) is 4.39 Å². The van der Waals surface area contributed by atoms with E-state index in [0.717, 1.165) is 12.1 Å². The molecule has 0 heterocycles. The van der Waals surface area contributed by atoms with Crippen molar-refractivity contribution in [1.29, 1.82) is 0 Å². The monoisotopic (exact) mass is 310 g/mol. The van der Waals surface area contributed by atoms with Gasteiger partial charge in [-0.25, -0.2) is 4.39 Å². The normalized spacial score (nSPS) is 10.1. The zero-order chi connectivity index (χ0) is 10.0. The van der Waals surface area contributed by atoms with Crippen molar-refractivity contribution in [1.82, 2.24) is 0 Å². The maximum Gasteiger partial charge on any atom is 0.174 e. The van der Waals surface area contributed by atoms with Gasteiger partial charge in [0.25, 0.3) is 0 Å². The Hall–Kier alpha value is -0.420. The van der Waals surface area contributed by atoms with E-state index in [1.807, 2.05) is 0 Å². The van der Waals surface area contributed by atoms with Crippen LogP contribution in [-0.2, 0) is 0 Å². The van der Waals surface area contributed by atoms with Crippen LogP contribution < -0.4 is 0 Å². The van der Waals surface area contributed by atoms with Gasteiger partial charge in [-0.15, -0.1) is 0 Å². The second kappa shape index (κ2) is 4.19. The fraction of sp³-hybridized carbons (Fsp3) is 0.125. The van der Waals surface area contributed by atoms with Crippen molar-refractivity contribution in [3.05, 3.63) is 28.0 Å². The number of carbonyl (C=O) groups excluding carboxylic acids is 1. The van der Waals surface area contributed by atoms with E-state index in [2.05, 4.69) is 31.9 Å². The Balaban J connectivity index is 3.23. The number of hydrogen-bond donors (Lipinski definition) is 1. The lowest BCUT2D eigenvalue weighted by atomic mass is 10.1. The van der Waals surface area contributed by atoms with E-state index in [-0.39, 0.29) is 16.7 Å². The standard InChI is InChI=1S/C8H5Br2FO2/c9-3-8(13)4-1-7(12)6(11)2-5(4)10/h1-2,12H,3H2. The number of hydrogen-bond acceptors (Lipinski definition) is 2. The van der Waals surface area contributed by atoms with Crippen LogP contribution in [0.2, 0.25) is 0 Å². The highest BCUT2D eigenvalue weighted by molar-refractivity contribution is 9.10. The summed E-state index contributed by atoms with van der Waals surface area (Å²) in [6.07, 6.45) is 0. The SMILES string of the molecule is O=C(CBr)c1cc(O)c(F)cc1Br. The summed E-state index contributed by atoms with van der Waals surface area (Å²) in [6.45, 7) is 0. The molecule has 1 aromatic rings. The summed E-state index contributed by atoms with van der Waals surface area (Å²) in [5, 5.41) is 9.14. The van der Waals surface area contributed by atoms with Crippen LogP contribution in [0.5, 0.6) is 5.75 Å². The summed E-state index contributed by atoms with van der Waals surface area (Å²) in [4.78, 5) is 11.2. The average Bonchev–Trinajstić information content (AvgIpc) is 2.10. The average molecular weight is 312 g/mol. The third-order valence-corrected chi connectivity index (χ3v) is 2.62. The molecule has 0 amide bonds. The molecule has 1 aromatic carbocycles. The van der Waals surface area contributed by atoms with E-state index in [4.69, 9.17) is 5.11 Å². The fourth-order valence-corrected chi connectivity index (χ4v) is 1.66. The zero-order valence-electron chi connectivity index (χ0n) is 6.35. The summed E-state index contributed by atoms with van der Waals surface area (Å²) in [5.41, 5.74) is 0.260. The van der Waals surface area contributed by atoms with E-state index in [1.54, 1.807) is 0 Å². The predicted molar refractivity (Wildman–Crippen MR) is 53.9 cm³/mol. The third-order valence-electron chi connectivity index (χ3n) is 1.46. The molecule has 0 aliphatic heterocycles. The van der Waals surface area contributed by atoms with Crippen molar-refractivity contribution in [3.63, 3.8) is 0 Å². The predicted octanol–water partition coefficient (Wildman–Crippen LogP) is 2.87. The molecule has 0 aliphatic rings. The minimum Gasteiger partial charge on any atom is -0.505 e.